The van der Waals surface area contributed by atoms with E-state index in [-0.39, 0.29) is 48.6 Å². The van der Waals surface area contributed by atoms with E-state index in [0.29, 0.717) is 5.56 Å². The van der Waals surface area contributed by atoms with Gasteiger partial charge in [0.1, 0.15) is 16.9 Å². The molecule has 2 aromatic rings. The molecule has 0 aromatic heterocycles. The van der Waals surface area contributed by atoms with Crippen molar-refractivity contribution in [3.63, 3.8) is 0 Å². The topological polar surface area (TPSA) is 228 Å². The van der Waals surface area contributed by atoms with Crippen molar-refractivity contribution in [3.05, 3.63) is 168 Å². The van der Waals surface area contributed by atoms with E-state index in [0.717, 1.165) is 5.56 Å². The highest BCUT2D eigenvalue weighted by atomic mass is 16.8. The number of carbonyl (C=O) groups excluding carboxylic acids is 6. The van der Waals surface area contributed by atoms with Crippen molar-refractivity contribution >= 4 is 35.7 Å². The van der Waals surface area contributed by atoms with E-state index in [9.17, 15) is 39.0 Å². The molecule has 3 fully saturated rings. The molecule has 4 aliphatic rings. The van der Waals surface area contributed by atoms with E-state index in [1.54, 1.807) is 50.2 Å². The monoisotopic (exact) mass is 832 g/mol. The Morgan fingerprint density at radius 2 is 1.33 bits per heavy atom. The summed E-state index contributed by atoms with van der Waals surface area (Å²) in [6.45, 7) is 6.81. The van der Waals surface area contributed by atoms with E-state index in [1.807, 2.05) is 24.3 Å². The summed E-state index contributed by atoms with van der Waals surface area (Å²) in [6.07, 6.45) is 14.7. The first-order chi connectivity index (χ1) is 29.0. The first-order valence-electron chi connectivity index (χ1n) is 19.2. The third-order valence-electron chi connectivity index (χ3n) is 10.2. The Bertz CT molecular complexity index is 2280. The van der Waals surface area contributed by atoms with Crippen LogP contribution in [0.5, 0.6) is 0 Å². The van der Waals surface area contributed by atoms with Gasteiger partial charge in [0.25, 0.3) is 17.5 Å². The lowest BCUT2D eigenvalue weighted by Crippen LogP contribution is -2.57. The second-order valence-corrected chi connectivity index (χ2v) is 14.8. The van der Waals surface area contributed by atoms with Crippen molar-refractivity contribution < 1.29 is 57.9 Å². The fourth-order valence-corrected chi connectivity index (χ4v) is 7.02. The minimum absolute atomic E-state index is 0.0319. The summed E-state index contributed by atoms with van der Waals surface area (Å²) in [5, 5.41) is 31.5. The average molecular weight is 833 g/mol. The standard InChI is InChI=1S/C45H44N4O12/c1-29(50)46-42(2,30-17-9-6-10-18-30)47-35(51)24-16-5-4-13-22-33-38(54)58-44(59-39(33)55)25-27-45(28-26-44)60-40(56)34(41(57)61-45)23-15-8-14-21-32-36(52)48-43(3,49-37(32)53)31-19-11-7-12-20-31/h4-24,33,46,48,50,52H,1,25-28H2,2-3H3,(H,47,51)(H,49,53)/b5-4+,15-8+,21-14+,22-13+,24-16-,34-23?. The molecule has 6 N–H and O–H groups in total. The summed E-state index contributed by atoms with van der Waals surface area (Å²) in [4.78, 5) is 77.2. The molecule has 3 aliphatic heterocycles. The predicted molar refractivity (Wildman–Crippen MR) is 217 cm³/mol. The second-order valence-electron chi connectivity index (χ2n) is 14.8. The summed E-state index contributed by atoms with van der Waals surface area (Å²) >= 11 is 0. The molecule has 316 valence electrons. The maximum Gasteiger partial charge on any atom is 0.348 e. The van der Waals surface area contributed by atoms with Crippen molar-refractivity contribution in [1.82, 2.24) is 21.3 Å². The Kier molecular flexibility index (Phi) is 12.5. The second kappa shape index (κ2) is 17.7. The lowest BCUT2D eigenvalue weighted by Gasteiger charge is -2.46. The van der Waals surface area contributed by atoms with Gasteiger partial charge in [0.15, 0.2) is 17.7 Å². The number of amides is 2. The Balaban J connectivity index is 0.973. The number of carbonyl (C=O) groups is 6. The molecule has 0 radical (unpaired) electrons. The molecule has 0 bridgehead atoms. The van der Waals surface area contributed by atoms with E-state index < -0.39 is 64.5 Å². The molecule has 61 heavy (non-hydrogen) atoms. The Hall–Kier alpha value is -7.62. The number of allylic oxidation sites excluding steroid dienone is 8. The molecular weight excluding hydrogens is 789 g/mol. The number of rotatable bonds is 12. The normalized spacial score (nSPS) is 26.6. The highest BCUT2D eigenvalue weighted by Gasteiger charge is 2.57. The Labute approximate surface area is 350 Å². The highest BCUT2D eigenvalue weighted by Crippen LogP contribution is 2.45. The van der Waals surface area contributed by atoms with Crippen LogP contribution in [0.1, 0.15) is 50.7 Å². The smallest absolute Gasteiger partial charge is 0.348 e. The number of hydrogen-bond acceptors (Lipinski definition) is 14. The van der Waals surface area contributed by atoms with Crippen LogP contribution < -0.4 is 21.3 Å². The summed E-state index contributed by atoms with van der Waals surface area (Å²) in [6, 6.07) is 18.0. The fraction of sp³-hybridized carbons (Fsp3) is 0.244. The van der Waals surface area contributed by atoms with Gasteiger partial charge in [-0.25, -0.2) is 9.59 Å². The van der Waals surface area contributed by atoms with Crippen LogP contribution in [0.3, 0.4) is 0 Å². The number of aliphatic hydroxyl groups excluding tert-OH is 2. The van der Waals surface area contributed by atoms with Gasteiger partial charge >= 0.3 is 23.9 Å². The predicted octanol–water partition coefficient (Wildman–Crippen LogP) is 4.45. The van der Waals surface area contributed by atoms with Crippen LogP contribution in [0.25, 0.3) is 0 Å². The molecule has 3 heterocycles. The van der Waals surface area contributed by atoms with Crippen molar-refractivity contribution in [2.75, 3.05) is 0 Å². The molecular formula is C45H44N4O12. The number of hydrogen-bond donors (Lipinski definition) is 6. The van der Waals surface area contributed by atoms with Gasteiger partial charge in [-0.3, -0.25) is 19.2 Å². The van der Waals surface area contributed by atoms with Gasteiger partial charge in [0.05, 0.1) is 5.57 Å². The first kappa shape index (κ1) is 43.0. The number of esters is 4. The summed E-state index contributed by atoms with van der Waals surface area (Å²) in [7, 11) is 0. The Morgan fingerprint density at radius 3 is 1.92 bits per heavy atom. The maximum atomic E-state index is 13.0. The van der Waals surface area contributed by atoms with Crippen LogP contribution in [-0.4, -0.2) is 57.5 Å². The summed E-state index contributed by atoms with van der Waals surface area (Å²) in [5.41, 5.74) is -1.20. The van der Waals surface area contributed by atoms with E-state index in [4.69, 9.17) is 18.9 Å². The van der Waals surface area contributed by atoms with Crippen LogP contribution >= 0.6 is 0 Å². The van der Waals surface area contributed by atoms with Gasteiger partial charge in [-0.1, -0.05) is 109 Å². The highest BCUT2D eigenvalue weighted by molar-refractivity contribution is 6.15. The van der Waals surface area contributed by atoms with Crippen LogP contribution in [0.2, 0.25) is 0 Å². The number of benzene rings is 2. The molecule has 2 saturated heterocycles. The molecule has 2 unspecified atom stereocenters. The fourth-order valence-electron chi connectivity index (χ4n) is 7.02. The van der Waals surface area contributed by atoms with Crippen LogP contribution in [0, 0.1) is 5.92 Å². The quantitative estimate of drug-likeness (QED) is 0.0331. The van der Waals surface area contributed by atoms with Gasteiger partial charge < -0.3 is 50.4 Å². The minimum atomic E-state index is -1.66. The SMILES string of the molecule is C=C(O)NC(C)(NC(=O)\C=C/C=C/C=C/C1C(=O)OC2(CCC3(CC2)OC(=O)C(=C/C=C/C=C/C2=C(O)NC(C)(c4ccccc4)NC2=O)C(=O)O3)OC1=O)c1ccccc1. The third kappa shape index (κ3) is 9.99. The number of aliphatic hydroxyl groups is 2. The van der Waals surface area contributed by atoms with E-state index in [2.05, 4.69) is 27.8 Å². The van der Waals surface area contributed by atoms with Crippen LogP contribution in [0.4, 0.5) is 0 Å². The minimum Gasteiger partial charge on any atom is -0.495 e. The lowest BCUT2D eigenvalue weighted by molar-refractivity contribution is -0.297. The molecule has 2 aromatic carbocycles. The van der Waals surface area contributed by atoms with Crippen molar-refractivity contribution in [2.24, 2.45) is 5.92 Å². The average Bonchev–Trinajstić information content (AvgIpc) is 3.20. The zero-order valence-corrected chi connectivity index (χ0v) is 33.2. The van der Waals surface area contributed by atoms with Gasteiger partial charge in [-0.05, 0) is 43.7 Å². The van der Waals surface area contributed by atoms with Gasteiger partial charge in [0, 0.05) is 31.8 Å². The Morgan fingerprint density at radius 1 is 0.770 bits per heavy atom. The van der Waals surface area contributed by atoms with Gasteiger partial charge in [0.2, 0.25) is 5.91 Å². The van der Waals surface area contributed by atoms with Crippen LogP contribution in [-0.2, 0) is 59.0 Å². The van der Waals surface area contributed by atoms with Crippen LogP contribution in [0.15, 0.2) is 157 Å². The van der Waals surface area contributed by atoms with Crippen molar-refractivity contribution in [2.45, 2.75) is 62.4 Å². The third-order valence-corrected chi connectivity index (χ3v) is 10.2. The molecule has 2 spiro atoms. The van der Waals surface area contributed by atoms with E-state index >= 15 is 0 Å². The van der Waals surface area contributed by atoms with Crippen molar-refractivity contribution in [1.29, 1.82) is 0 Å². The van der Waals surface area contributed by atoms with Crippen molar-refractivity contribution in [3.8, 4) is 0 Å². The largest absolute Gasteiger partial charge is 0.495 e. The van der Waals surface area contributed by atoms with Gasteiger partial charge in [-0.15, -0.1) is 0 Å². The first-order valence-corrected chi connectivity index (χ1v) is 19.2. The molecule has 6 rings (SSSR count). The van der Waals surface area contributed by atoms with Gasteiger partial charge in [-0.2, -0.15) is 0 Å². The zero-order valence-electron chi connectivity index (χ0n) is 33.2. The number of ether oxygens (including phenoxy) is 4. The molecule has 1 saturated carbocycles. The molecule has 1 aliphatic carbocycles. The molecule has 2 atom stereocenters. The summed E-state index contributed by atoms with van der Waals surface area (Å²) < 4.78 is 22.3. The summed E-state index contributed by atoms with van der Waals surface area (Å²) in [5.74, 6) is -9.94. The van der Waals surface area contributed by atoms with E-state index in [1.165, 1.54) is 66.8 Å². The molecule has 2 amide bonds. The number of nitrogens with one attached hydrogen (secondary N) is 4. The molecule has 16 nitrogen and oxygen atoms in total. The molecule has 16 heteroatoms. The zero-order chi connectivity index (χ0) is 43.8. The lowest BCUT2D eigenvalue weighted by atomic mass is 9.87. The maximum absolute atomic E-state index is 13.0.